The van der Waals surface area contributed by atoms with E-state index in [9.17, 15) is 33.0 Å². The lowest BCUT2D eigenvalue weighted by Gasteiger charge is -2.28. The molecule has 1 aliphatic rings. The van der Waals surface area contributed by atoms with E-state index in [0.717, 1.165) is 30.2 Å². The van der Waals surface area contributed by atoms with E-state index in [2.05, 4.69) is 10.3 Å². The summed E-state index contributed by atoms with van der Waals surface area (Å²) in [6, 6.07) is 2.13. The molecule has 7 nitrogen and oxygen atoms in total. The topological polar surface area (TPSA) is 103 Å². The van der Waals surface area contributed by atoms with Gasteiger partial charge < -0.3 is 20.4 Å². The van der Waals surface area contributed by atoms with Gasteiger partial charge in [-0.3, -0.25) is 9.59 Å². The minimum Gasteiger partial charge on any atom is -0.389 e. The molecule has 198 valence electrons. The Morgan fingerprint density at radius 3 is 2.36 bits per heavy atom. The van der Waals surface area contributed by atoms with Crippen molar-refractivity contribution in [1.29, 1.82) is 0 Å². The molecule has 3 N–H and O–H groups in total. The van der Waals surface area contributed by atoms with E-state index in [-0.39, 0.29) is 38.8 Å². The maximum absolute atomic E-state index is 13.4. The largest absolute Gasteiger partial charge is 0.421 e. The lowest BCUT2D eigenvalue weighted by atomic mass is 9.94. The smallest absolute Gasteiger partial charge is 0.389 e. The summed E-state index contributed by atoms with van der Waals surface area (Å²) >= 11 is 13.4. The van der Waals surface area contributed by atoms with Crippen molar-refractivity contribution in [2.45, 2.75) is 64.0 Å². The van der Waals surface area contributed by atoms with Crippen LogP contribution in [-0.4, -0.2) is 62.8 Å². The first-order chi connectivity index (χ1) is 16.5. The maximum Gasteiger partial charge on any atom is 0.421 e. The Bertz CT molecular complexity index is 1180. The molecule has 0 aliphatic carbocycles. The number of alkyl halides is 3. The third-order valence-electron chi connectivity index (χ3n) is 5.92. The van der Waals surface area contributed by atoms with E-state index in [0.29, 0.717) is 13.5 Å². The van der Waals surface area contributed by atoms with Crippen LogP contribution < -0.4 is 5.32 Å². The lowest BCUT2D eigenvalue weighted by molar-refractivity contribution is -0.258. The van der Waals surface area contributed by atoms with E-state index in [1.54, 1.807) is 4.90 Å². The minimum absolute atomic E-state index is 0.0668. The monoisotopic (exact) mass is 567 g/mol. The number of aliphatic hydroxyl groups is 2. The van der Waals surface area contributed by atoms with Crippen molar-refractivity contribution in [1.82, 2.24) is 15.2 Å². The summed E-state index contributed by atoms with van der Waals surface area (Å²) in [5, 5.41) is 21.6. The third-order valence-corrected chi connectivity index (χ3v) is 7.89. The fourth-order valence-electron chi connectivity index (χ4n) is 3.74. The number of nitrogens with zero attached hydrogens (tertiary/aromatic N) is 2. The molecule has 2 amide bonds. The zero-order valence-electron chi connectivity index (χ0n) is 20.0. The third kappa shape index (κ3) is 5.65. The van der Waals surface area contributed by atoms with Gasteiger partial charge in [0.2, 0.25) is 0 Å². The highest BCUT2D eigenvalue weighted by Gasteiger charge is 2.52. The Morgan fingerprint density at radius 1 is 1.19 bits per heavy atom. The van der Waals surface area contributed by atoms with E-state index < -0.39 is 39.8 Å². The predicted octanol–water partition coefficient (Wildman–Crippen LogP) is 5.01. The van der Waals surface area contributed by atoms with E-state index in [1.165, 1.54) is 19.9 Å². The summed E-state index contributed by atoms with van der Waals surface area (Å²) in [7, 11) is 0. The Labute approximate surface area is 220 Å². The number of likely N-dealkylation sites (tertiary alicyclic amines) is 1. The summed E-state index contributed by atoms with van der Waals surface area (Å²) in [4.78, 5) is 32.1. The summed E-state index contributed by atoms with van der Waals surface area (Å²) in [6.07, 6.45) is -3.44. The molecule has 2 aromatic rings. The Morgan fingerprint density at radius 2 is 1.83 bits per heavy atom. The molecule has 1 fully saturated rings. The van der Waals surface area contributed by atoms with Crippen LogP contribution in [-0.2, 0) is 5.60 Å². The average molecular weight is 568 g/mol. The van der Waals surface area contributed by atoms with Crippen LogP contribution in [0.4, 0.5) is 13.2 Å². The highest BCUT2D eigenvalue weighted by atomic mass is 35.5. The molecule has 0 saturated carbocycles. The van der Waals surface area contributed by atoms with Crippen molar-refractivity contribution in [3.63, 3.8) is 0 Å². The normalized spacial score (nSPS) is 18.3. The van der Waals surface area contributed by atoms with Gasteiger partial charge in [0, 0.05) is 30.3 Å². The molecule has 2 heterocycles. The number of thiazole rings is 1. The van der Waals surface area contributed by atoms with Crippen molar-refractivity contribution in [3.05, 3.63) is 38.4 Å². The number of hydrogen-bond acceptors (Lipinski definition) is 6. The highest BCUT2D eigenvalue weighted by molar-refractivity contribution is 7.17. The molecule has 0 spiro atoms. The molecule has 0 radical (unpaired) electrons. The molecule has 1 aliphatic heterocycles. The minimum atomic E-state index is -5.02. The molecule has 1 aromatic heterocycles. The van der Waals surface area contributed by atoms with E-state index in [1.807, 2.05) is 6.92 Å². The second-order valence-corrected chi connectivity index (χ2v) is 11.3. The molecule has 1 unspecified atom stereocenters. The molecule has 3 rings (SSSR count). The summed E-state index contributed by atoms with van der Waals surface area (Å²) in [6.45, 7) is 5.85. The second-order valence-electron chi connectivity index (χ2n) is 9.54. The Hall–Kier alpha value is -1.92. The first-order valence-corrected chi connectivity index (χ1v) is 12.6. The van der Waals surface area contributed by atoms with E-state index in [4.69, 9.17) is 23.2 Å². The number of hydrogen-bond donors (Lipinski definition) is 3. The molecule has 0 bridgehead atoms. The van der Waals surface area contributed by atoms with E-state index >= 15 is 0 Å². The summed E-state index contributed by atoms with van der Waals surface area (Å²) < 4.78 is 40.2. The van der Waals surface area contributed by atoms with Gasteiger partial charge in [-0.15, -0.1) is 11.3 Å². The number of carbonyl (C=O) groups is 2. The van der Waals surface area contributed by atoms with Crippen molar-refractivity contribution < 1.29 is 33.0 Å². The van der Waals surface area contributed by atoms with Crippen LogP contribution in [0.3, 0.4) is 0 Å². The highest BCUT2D eigenvalue weighted by Crippen LogP contribution is 2.47. The zero-order chi connectivity index (χ0) is 27.2. The molecule has 13 heteroatoms. The maximum atomic E-state index is 13.4. The van der Waals surface area contributed by atoms with Crippen LogP contribution in [0.15, 0.2) is 12.1 Å². The summed E-state index contributed by atoms with van der Waals surface area (Å²) in [5.74, 6) is -1.10. The van der Waals surface area contributed by atoms with Gasteiger partial charge in [-0.25, -0.2) is 4.98 Å². The number of halogens is 5. The number of carbonyl (C=O) groups excluding carboxylic acids is 2. The zero-order valence-corrected chi connectivity index (χ0v) is 22.3. The van der Waals surface area contributed by atoms with Crippen molar-refractivity contribution >= 4 is 46.4 Å². The fourth-order valence-corrected chi connectivity index (χ4v) is 5.41. The molecule has 36 heavy (non-hydrogen) atoms. The molecule has 1 saturated heterocycles. The van der Waals surface area contributed by atoms with Gasteiger partial charge in [0.1, 0.15) is 5.69 Å². The van der Waals surface area contributed by atoms with Gasteiger partial charge in [0.15, 0.2) is 10.6 Å². The first kappa shape index (κ1) is 28.6. The average Bonchev–Trinajstić information content (AvgIpc) is 3.38. The Balaban J connectivity index is 2.12. The summed E-state index contributed by atoms with van der Waals surface area (Å²) in [5.41, 5.74) is -5.11. The number of rotatable bonds is 6. The van der Waals surface area contributed by atoms with Crippen LogP contribution in [0.1, 0.15) is 66.4 Å². The number of amides is 2. The molecule has 1 aromatic carbocycles. The van der Waals surface area contributed by atoms with Gasteiger partial charge in [-0.2, -0.15) is 13.2 Å². The van der Waals surface area contributed by atoms with Crippen molar-refractivity contribution in [2.75, 3.05) is 13.1 Å². The van der Waals surface area contributed by atoms with Crippen LogP contribution in [0.5, 0.6) is 0 Å². The first-order valence-electron chi connectivity index (χ1n) is 11.1. The van der Waals surface area contributed by atoms with Gasteiger partial charge >= 0.3 is 6.18 Å². The Kier molecular flexibility index (Phi) is 8.03. The number of aromatic nitrogens is 1. The lowest BCUT2D eigenvalue weighted by Crippen LogP contribution is -2.39. The van der Waals surface area contributed by atoms with Gasteiger partial charge in [0.25, 0.3) is 11.8 Å². The SMILES string of the molecule is C[C@@H]1CCCN1C(=O)c1nc(C(=O)NCC(C)(C)O)sc1-c1ccc(C(C)(O)C(F)(F)F)c(Cl)c1Cl. The van der Waals surface area contributed by atoms with Crippen LogP contribution in [0.25, 0.3) is 10.4 Å². The number of benzene rings is 1. The van der Waals surface area contributed by atoms with Crippen LogP contribution >= 0.6 is 34.5 Å². The van der Waals surface area contributed by atoms with Gasteiger partial charge in [-0.1, -0.05) is 35.3 Å². The quantitative estimate of drug-likeness (QED) is 0.455. The van der Waals surface area contributed by atoms with Crippen LogP contribution in [0.2, 0.25) is 10.0 Å². The standard InChI is InChI=1S/C23H26Cl2F3N3O4S/c1-11-6-5-9-31(11)20(33)16-17(36-19(30-16)18(32)29-10-21(2,3)34)12-7-8-13(15(25)14(12)24)22(4,35)23(26,27)28/h7-8,11,34-35H,5-6,9-10H2,1-4H3,(H,29,32)/t11-,22?/m1/s1. The second kappa shape index (κ2) is 10.1. The van der Waals surface area contributed by atoms with Gasteiger partial charge in [0.05, 0.1) is 20.5 Å². The predicted molar refractivity (Wildman–Crippen MR) is 132 cm³/mol. The van der Waals surface area contributed by atoms with Crippen molar-refractivity contribution in [2.24, 2.45) is 0 Å². The molecular weight excluding hydrogens is 542 g/mol. The van der Waals surface area contributed by atoms with Crippen LogP contribution in [0, 0.1) is 0 Å². The molecular formula is C23H26Cl2F3N3O4S. The fraction of sp³-hybridized carbons (Fsp3) is 0.522. The number of nitrogens with one attached hydrogen (secondary N) is 1. The molecule has 2 atom stereocenters. The van der Waals surface area contributed by atoms with Gasteiger partial charge in [-0.05, 0) is 40.5 Å². The van der Waals surface area contributed by atoms with Crippen molar-refractivity contribution in [3.8, 4) is 10.4 Å².